The van der Waals surface area contributed by atoms with E-state index < -0.39 is 11.7 Å². The van der Waals surface area contributed by atoms with Crippen LogP contribution in [-0.2, 0) is 11.0 Å². The summed E-state index contributed by atoms with van der Waals surface area (Å²) in [4.78, 5) is 10.5. The molecule has 0 aromatic heterocycles. The number of rotatable bonds is 4. The number of hydrogen-bond donors (Lipinski definition) is 1. The molecule has 0 unspecified atom stereocenters. The summed E-state index contributed by atoms with van der Waals surface area (Å²) in [6.07, 6.45) is -1.57. The lowest BCUT2D eigenvalue weighted by atomic mass is 10.2. The van der Waals surface area contributed by atoms with Crippen LogP contribution in [0.2, 0.25) is 0 Å². The summed E-state index contributed by atoms with van der Waals surface area (Å²) in [6.45, 7) is 1.81. The molecule has 0 radical (unpaired) electrons. The summed E-state index contributed by atoms with van der Waals surface area (Å²) in [6, 6.07) is 4.61. The SMILES string of the molecule is CC/C(C=O)=C\Nc1ccc(C(F)(F)F)cc1. The van der Waals surface area contributed by atoms with Gasteiger partial charge >= 0.3 is 6.18 Å². The van der Waals surface area contributed by atoms with Crippen molar-refractivity contribution in [1.29, 1.82) is 0 Å². The molecular weight excluding hydrogens is 231 g/mol. The van der Waals surface area contributed by atoms with Crippen LogP contribution < -0.4 is 5.32 Å². The van der Waals surface area contributed by atoms with Crippen molar-refractivity contribution in [2.24, 2.45) is 0 Å². The van der Waals surface area contributed by atoms with Crippen molar-refractivity contribution in [1.82, 2.24) is 0 Å². The normalized spacial score (nSPS) is 12.4. The fraction of sp³-hybridized carbons (Fsp3) is 0.250. The van der Waals surface area contributed by atoms with E-state index in [9.17, 15) is 18.0 Å². The molecule has 0 saturated heterocycles. The summed E-state index contributed by atoms with van der Waals surface area (Å²) in [5, 5.41) is 2.76. The predicted molar refractivity (Wildman–Crippen MR) is 59.5 cm³/mol. The number of halogens is 3. The molecule has 92 valence electrons. The van der Waals surface area contributed by atoms with Crippen LogP contribution in [-0.4, -0.2) is 6.29 Å². The summed E-state index contributed by atoms with van der Waals surface area (Å²) >= 11 is 0. The second kappa shape index (κ2) is 5.52. The Balaban J connectivity index is 2.76. The van der Waals surface area contributed by atoms with Crippen LogP contribution in [0, 0.1) is 0 Å². The number of carbonyl (C=O) groups excluding carboxylic acids is 1. The highest BCUT2D eigenvalue weighted by molar-refractivity contribution is 5.73. The van der Waals surface area contributed by atoms with Gasteiger partial charge in [0.05, 0.1) is 5.56 Å². The lowest BCUT2D eigenvalue weighted by molar-refractivity contribution is -0.137. The van der Waals surface area contributed by atoms with E-state index in [4.69, 9.17) is 0 Å². The Labute approximate surface area is 97.1 Å². The molecule has 1 rings (SSSR count). The second-order valence-corrected chi connectivity index (χ2v) is 3.41. The van der Waals surface area contributed by atoms with Gasteiger partial charge < -0.3 is 5.32 Å². The number of nitrogens with one attached hydrogen (secondary N) is 1. The number of benzene rings is 1. The molecule has 0 aliphatic heterocycles. The molecule has 1 aromatic rings. The zero-order valence-electron chi connectivity index (χ0n) is 9.21. The first-order valence-electron chi connectivity index (χ1n) is 5.05. The number of hydrogen-bond acceptors (Lipinski definition) is 2. The average molecular weight is 243 g/mol. The first kappa shape index (κ1) is 13.3. The predicted octanol–water partition coefficient (Wildman–Crippen LogP) is 3.61. The zero-order chi connectivity index (χ0) is 12.9. The quantitative estimate of drug-likeness (QED) is 0.646. The van der Waals surface area contributed by atoms with E-state index in [1.807, 2.05) is 6.92 Å². The largest absolute Gasteiger partial charge is 0.416 e. The number of allylic oxidation sites excluding steroid dienone is 1. The molecule has 5 heteroatoms. The molecular formula is C12H12F3NO. The van der Waals surface area contributed by atoms with Crippen LogP contribution >= 0.6 is 0 Å². The molecule has 0 amide bonds. The van der Waals surface area contributed by atoms with E-state index in [0.29, 0.717) is 24.0 Å². The van der Waals surface area contributed by atoms with Crippen molar-refractivity contribution in [3.05, 3.63) is 41.6 Å². The van der Waals surface area contributed by atoms with Crippen molar-refractivity contribution < 1.29 is 18.0 Å². The first-order chi connectivity index (χ1) is 7.97. The molecule has 0 aliphatic rings. The minimum atomic E-state index is -4.33. The van der Waals surface area contributed by atoms with Crippen LogP contribution in [0.25, 0.3) is 0 Å². The van der Waals surface area contributed by atoms with Crippen molar-refractivity contribution in [2.45, 2.75) is 19.5 Å². The molecule has 0 heterocycles. The van der Waals surface area contributed by atoms with Crippen LogP contribution in [0.5, 0.6) is 0 Å². The topological polar surface area (TPSA) is 29.1 Å². The van der Waals surface area contributed by atoms with Gasteiger partial charge in [0.2, 0.25) is 0 Å². The Morgan fingerprint density at radius 2 is 1.88 bits per heavy atom. The van der Waals surface area contributed by atoms with E-state index in [1.165, 1.54) is 18.3 Å². The lowest BCUT2D eigenvalue weighted by Gasteiger charge is -2.07. The number of aldehydes is 1. The maximum absolute atomic E-state index is 12.3. The van der Waals surface area contributed by atoms with Gasteiger partial charge in [-0.05, 0) is 30.7 Å². The second-order valence-electron chi connectivity index (χ2n) is 3.41. The van der Waals surface area contributed by atoms with Crippen molar-refractivity contribution in [3.63, 3.8) is 0 Å². The highest BCUT2D eigenvalue weighted by Crippen LogP contribution is 2.29. The van der Waals surface area contributed by atoms with Crippen molar-refractivity contribution in [3.8, 4) is 0 Å². The van der Waals surface area contributed by atoms with Gasteiger partial charge in [-0.1, -0.05) is 6.92 Å². The number of anilines is 1. The molecule has 0 saturated carbocycles. The van der Waals surface area contributed by atoms with Gasteiger partial charge in [-0.3, -0.25) is 4.79 Å². The summed E-state index contributed by atoms with van der Waals surface area (Å²) in [5.41, 5.74) is 0.355. The standard InChI is InChI=1S/C12H12F3NO/c1-2-9(8-17)7-16-11-5-3-10(4-6-11)12(13,14)15/h3-8,16H,2H2,1H3/b9-7+. The van der Waals surface area contributed by atoms with Crippen LogP contribution in [0.15, 0.2) is 36.0 Å². The lowest BCUT2D eigenvalue weighted by Crippen LogP contribution is -2.04. The minimum absolute atomic E-state index is 0.505. The highest BCUT2D eigenvalue weighted by Gasteiger charge is 2.29. The Morgan fingerprint density at radius 3 is 2.29 bits per heavy atom. The van der Waals surface area contributed by atoms with E-state index in [1.54, 1.807) is 0 Å². The van der Waals surface area contributed by atoms with Gasteiger partial charge in [-0.2, -0.15) is 13.2 Å². The fourth-order valence-electron chi connectivity index (χ4n) is 1.15. The third-order valence-electron chi connectivity index (χ3n) is 2.20. The average Bonchev–Trinajstić information content (AvgIpc) is 2.30. The van der Waals surface area contributed by atoms with E-state index in [-0.39, 0.29) is 0 Å². The zero-order valence-corrected chi connectivity index (χ0v) is 9.21. The third kappa shape index (κ3) is 3.94. The molecule has 0 atom stereocenters. The monoisotopic (exact) mass is 243 g/mol. The van der Waals surface area contributed by atoms with E-state index >= 15 is 0 Å². The van der Waals surface area contributed by atoms with E-state index in [0.717, 1.165) is 12.1 Å². The molecule has 0 fully saturated rings. The molecule has 2 nitrogen and oxygen atoms in total. The Hall–Kier alpha value is -1.78. The fourth-order valence-corrected chi connectivity index (χ4v) is 1.15. The van der Waals surface area contributed by atoms with Crippen LogP contribution in [0.3, 0.4) is 0 Å². The Bertz CT molecular complexity index is 407. The highest BCUT2D eigenvalue weighted by atomic mass is 19.4. The molecule has 1 aromatic carbocycles. The van der Waals surface area contributed by atoms with Crippen LogP contribution in [0.1, 0.15) is 18.9 Å². The summed E-state index contributed by atoms with van der Waals surface area (Å²) in [5.74, 6) is 0. The summed E-state index contributed by atoms with van der Waals surface area (Å²) < 4.78 is 36.8. The maximum atomic E-state index is 12.3. The van der Waals surface area contributed by atoms with E-state index in [2.05, 4.69) is 5.32 Å². The number of alkyl halides is 3. The Kier molecular flexibility index (Phi) is 4.31. The van der Waals surface area contributed by atoms with Gasteiger partial charge in [0.25, 0.3) is 0 Å². The molecule has 0 spiro atoms. The maximum Gasteiger partial charge on any atom is 0.416 e. The summed E-state index contributed by atoms with van der Waals surface area (Å²) in [7, 11) is 0. The smallest absolute Gasteiger partial charge is 0.361 e. The minimum Gasteiger partial charge on any atom is -0.361 e. The van der Waals surface area contributed by atoms with Gasteiger partial charge in [0, 0.05) is 17.5 Å². The Morgan fingerprint density at radius 1 is 1.29 bits per heavy atom. The van der Waals surface area contributed by atoms with Gasteiger partial charge in [0.15, 0.2) is 0 Å². The molecule has 1 N–H and O–H groups in total. The molecule has 17 heavy (non-hydrogen) atoms. The van der Waals surface area contributed by atoms with Crippen LogP contribution in [0.4, 0.5) is 18.9 Å². The van der Waals surface area contributed by atoms with Crippen molar-refractivity contribution in [2.75, 3.05) is 5.32 Å². The first-order valence-corrected chi connectivity index (χ1v) is 5.05. The third-order valence-corrected chi connectivity index (χ3v) is 2.20. The van der Waals surface area contributed by atoms with Gasteiger partial charge in [-0.15, -0.1) is 0 Å². The van der Waals surface area contributed by atoms with Gasteiger partial charge in [0.1, 0.15) is 6.29 Å². The molecule has 0 bridgehead atoms. The van der Waals surface area contributed by atoms with Gasteiger partial charge in [-0.25, -0.2) is 0 Å². The van der Waals surface area contributed by atoms with Crippen molar-refractivity contribution >= 4 is 12.0 Å². The molecule has 0 aliphatic carbocycles. The number of carbonyl (C=O) groups is 1.